The van der Waals surface area contributed by atoms with Crippen molar-refractivity contribution in [1.29, 1.82) is 0 Å². The lowest BCUT2D eigenvalue weighted by molar-refractivity contribution is -0.384. The molecule has 0 saturated heterocycles. The first-order chi connectivity index (χ1) is 10.1. The molecule has 106 valence electrons. The first-order valence-corrected chi connectivity index (χ1v) is 6.30. The number of fused-ring (bicyclic) bond motifs is 1. The molecule has 0 fully saturated rings. The summed E-state index contributed by atoms with van der Waals surface area (Å²) < 4.78 is 0. The molecule has 21 heavy (non-hydrogen) atoms. The predicted octanol–water partition coefficient (Wildman–Crippen LogP) is 2.17. The highest BCUT2D eigenvalue weighted by Gasteiger charge is 2.29. The fourth-order valence-electron chi connectivity index (χ4n) is 2.31. The fraction of sp³-hybridized carbons (Fsp3) is 0.143. The summed E-state index contributed by atoms with van der Waals surface area (Å²) in [5, 5.41) is 10.9. The Kier molecular flexibility index (Phi) is 3.02. The molecule has 3 rings (SSSR count). The van der Waals surface area contributed by atoms with Gasteiger partial charge in [0.2, 0.25) is 0 Å². The van der Waals surface area contributed by atoms with Crippen LogP contribution in [0.5, 0.6) is 0 Å². The summed E-state index contributed by atoms with van der Waals surface area (Å²) >= 11 is 0. The molecule has 7 heteroatoms. The van der Waals surface area contributed by atoms with Gasteiger partial charge in [0.25, 0.3) is 11.6 Å². The van der Waals surface area contributed by atoms with Gasteiger partial charge in [0.05, 0.1) is 22.8 Å². The van der Waals surface area contributed by atoms with Crippen molar-refractivity contribution in [2.24, 2.45) is 0 Å². The fourth-order valence-corrected chi connectivity index (χ4v) is 2.31. The molecule has 1 aromatic carbocycles. The van der Waals surface area contributed by atoms with E-state index in [0.717, 1.165) is 0 Å². The van der Waals surface area contributed by atoms with E-state index >= 15 is 0 Å². The Hall–Kier alpha value is -2.96. The molecule has 0 saturated carbocycles. The van der Waals surface area contributed by atoms with E-state index in [4.69, 9.17) is 0 Å². The average Bonchev–Trinajstić information content (AvgIpc) is 2.51. The number of carbonyl (C=O) groups excluding carboxylic acids is 1. The maximum Gasteiger partial charge on any atom is 0.271 e. The second-order valence-corrected chi connectivity index (χ2v) is 4.72. The molecule has 1 amide bonds. The van der Waals surface area contributed by atoms with E-state index < -0.39 is 4.92 Å². The van der Waals surface area contributed by atoms with E-state index in [1.807, 2.05) is 0 Å². The van der Waals surface area contributed by atoms with Crippen molar-refractivity contribution < 1.29 is 9.72 Å². The smallest absolute Gasteiger partial charge is 0.271 e. The molecule has 0 spiro atoms. The topological polar surface area (TPSA) is 79.6 Å². The van der Waals surface area contributed by atoms with E-state index in [1.54, 1.807) is 47.3 Å². The standard InChI is InChI=1S/C14H12N4O3/c1-16-9-17(10-4-2-5-11(8-10)18(20)21)13-12(14(16)19)6-3-7-15-13/h2-8H,9H2,1H3. The lowest BCUT2D eigenvalue weighted by atomic mass is 10.1. The highest BCUT2D eigenvalue weighted by Crippen LogP contribution is 2.32. The van der Waals surface area contributed by atoms with Gasteiger partial charge in [-0.2, -0.15) is 0 Å². The summed E-state index contributed by atoms with van der Waals surface area (Å²) in [6.45, 7) is 0.296. The molecule has 7 nitrogen and oxygen atoms in total. The highest BCUT2D eigenvalue weighted by molar-refractivity contribution is 6.01. The van der Waals surface area contributed by atoms with Gasteiger partial charge in [0.15, 0.2) is 0 Å². The summed E-state index contributed by atoms with van der Waals surface area (Å²) in [5.41, 5.74) is 1.12. The quantitative estimate of drug-likeness (QED) is 0.623. The van der Waals surface area contributed by atoms with Crippen LogP contribution in [0.1, 0.15) is 10.4 Å². The molecular weight excluding hydrogens is 272 g/mol. The maximum atomic E-state index is 12.1. The Labute approximate surface area is 120 Å². The monoisotopic (exact) mass is 284 g/mol. The summed E-state index contributed by atoms with van der Waals surface area (Å²) in [7, 11) is 1.68. The summed E-state index contributed by atoms with van der Waals surface area (Å²) in [6, 6.07) is 9.68. The number of rotatable bonds is 2. The Balaban J connectivity index is 2.11. The van der Waals surface area contributed by atoms with E-state index in [0.29, 0.717) is 23.7 Å². The third-order valence-corrected chi connectivity index (χ3v) is 3.33. The molecule has 1 aliphatic heterocycles. The minimum absolute atomic E-state index is 0.00420. The largest absolute Gasteiger partial charge is 0.323 e. The average molecular weight is 284 g/mol. The van der Waals surface area contributed by atoms with Gasteiger partial charge in [-0.25, -0.2) is 4.98 Å². The van der Waals surface area contributed by atoms with Gasteiger partial charge in [-0.3, -0.25) is 14.9 Å². The molecule has 0 N–H and O–H groups in total. The number of nitro benzene ring substituents is 1. The second-order valence-electron chi connectivity index (χ2n) is 4.72. The zero-order chi connectivity index (χ0) is 15.0. The normalized spacial score (nSPS) is 14.0. The summed E-state index contributed by atoms with van der Waals surface area (Å²) in [6.07, 6.45) is 1.60. The zero-order valence-electron chi connectivity index (χ0n) is 11.3. The van der Waals surface area contributed by atoms with E-state index in [1.165, 1.54) is 12.1 Å². The van der Waals surface area contributed by atoms with Gasteiger partial charge < -0.3 is 9.80 Å². The number of carbonyl (C=O) groups is 1. The van der Waals surface area contributed by atoms with E-state index in [9.17, 15) is 14.9 Å². The first kappa shape index (κ1) is 13.0. The van der Waals surface area contributed by atoms with Crippen molar-refractivity contribution in [3.05, 3.63) is 58.3 Å². The number of hydrogen-bond donors (Lipinski definition) is 0. The molecule has 2 heterocycles. The number of pyridine rings is 1. The van der Waals surface area contributed by atoms with Crippen LogP contribution in [0.25, 0.3) is 0 Å². The van der Waals surface area contributed by atoms with Crippen LogP contribution in [0.15, 0.2) is 42.6 Å². The molecule has 0 bridgehead atoms. The Morgan fingerprint density at radius 1 is 1.29 bits per heavy atom. The van der Waals surface area contributed by atoms with Crippen LogP contribution in [0.4, 0.5) is 17.2 Å². The molecule has 0 aliphatic carbocycles. The van der Waals surface area contributed by atoms with Gasteiger partial charge in [0, 0.05) is 25.4 Å². The Bertz CT molecular complexity index is 732. The maximum absolute atomic E-state index is 12.1. The number of amides is 1. The number of hydrogen-bond acceptors (Lipinski definition) is 5. The van der Waals surface area contributed by atoms with Crippen molar-refractivity contribution in [2.75, 3.05) is 18.6 Å². The Morgan fingerprint density at radius 2 is 2.10 bits per heavy atom. The minimum Gasteiger partial charge on any atom is -0.323 e. The number of aromatic nitrogens is 1. The molecule has 1 aromatic heterocycles. The molecule has 0 atom stereocenters. The van der Waals surface area contributed by atoms with Crippen LogP contribution < -0.4 is 4.90 Å². The third kappa shape index (κ3) is 2.18. The minimum atomic E-state index is -0.443. The molecule has 0 unspecified atom stereocenters. The molecule has 1 aliphatic rings. The van der Waals surface area contributed by atoms with Crippen molar-refractivity contribution in [3.8, 4) is 0 Å². The SMILES string of the molecule is CN1CN(c2cccc([N+](=O)[O-])c2)c2ncccc2C1=O. The van der Waals surface area contributed by atoms with E-state index in [-0.39, 0.29) is 11.6 Å². The molecule has 2 aromatic rings. The van der Waals surface area contributed by atoms with Gasteiger partial charge in [0.1, 0.15) is 5.82 Å². The van der Waals surface area contributed by atoms with Crippen LogP contribution in [-0.2, 0) is 0 Å². The lowest BCUT2D eigenvalue weighted by Crippen LogP contribution is -2.42. The van der Waals surface area contributed by atoms with Crippen LogP contribution in [0.2, 0.25) is 0 Å². The number of benzene rings is 1. The van der Waals surface area contributed by atoms with Crippen LogP contribution in [-0.4, -0.2) is 34.4 Å². The van der Waals surface area contributed by atoms with Crippen LogP contribution in [0.3, 0.4) is 0 Å². The number of nitrogens with zero attached hydrogens (tertiary/aromatic N) is 4. The lowest BCUT2D eigenvalue weighted by Gasteiger charge is -2.34. The van der Waals surface area contributed by atoms with Gasteiger partial charge in [-0.05, 0) is 18.2 Å². The van der Waals surface area contributed by atoms with Gasteiger partial charge >= 0.3 is 0 Å². The van der Waals surface area contributed by atoms with Crippen LogP contribution >= 0.6 is 0 Å². The summed E-state index contributed by atoms with van der Waals surface area (Å²) in [4.78, 5) is 30.2. The summed E-state index contributed by atoms with van der Waals surface area (Å²) in [5.74, 6) is 0.404. The van der Waals surface area contributed by atoms with Gasteiger partial charge in [-0.15, -0.1) is 0 Å². The predicted molar refractivity (Wildman–Crippen MR) is 76.4 cm³/mol. The molecular formula is C14H12N4O3. The van der Waals surface area contributed by atoms with E-state index in [2.05, 4.69) is 4.98 Å². The number of anilines is 2. The number of non-ortho nitro benzene ring substituents is 1. The number of nitro groups is 1. The van der Waals surface area contributed by atoms with Crippen molar-refractivity contribution in [2.45, 2.75) is 0 Å². The second kappa shape index (κ2) is 4.86. The first-order valence-electron chi connectivity index (χ1n) is 6.30. The molecule has 0 radical (unpaired) electrons. The van der Waals surface area contributed by atoms with Gasteiger partial charge in [-0.1, -0.05) is 6.07 Å². The highest BCUT2D eigenvalue weighted by atomic mass is 16.6. The van der Waals surface area contributed by atoms with Crippen LogP contribution in [0, 0.1) is 10.1 Å². The zero-order valence-corrected chi connectivity index (χ0v) is 11.3. The van der Waals surface area contributed by atoms with Crippen molar-refractivity contribution in [3.63, 3.8) is 0 Å². The Morgan fingerprint density at radius 3 is 2.86 bits per heavy atom. The third-order valence-electron chi connectivity index (χ3n) is 3.33. The van der Waals surface area contributed by atoms with Crippen molar-refractivity contribution >= 4 is 23.1 Å². The van der Waals surface area contributed by atoms with Crippen molar-refractivity contribution in [1.82, 2.24) is 9.88 Å².